The predicted octanol–water partition coefficient (Wildman–Crippen LogP) is 5.62. The van der Waals surface area contributed by atoms with Crippen molar-refractivity contribution in [1.29, 1.82) is 0 Å². The monoisotopic (exact) mass is 312 g/mol. The Bertz CT molecular complexity index is 597. The third kappa shape index (κ3) is 7.14. The summed E-state index contributed by atoms with van der Waals surface area (Å²) in [6, 6.07) is 0. The van der Waals surface area contributed by atoms with Crippen LogP contribution in [-0.4, -0.2) is 11.1 Å². The van der Waals surface area contributed by atoms with Gasteiger partial charge in [0.05, 0.1) is 0 Å². The van der Waals surface area contributed by atoms with E-state index in [1.54, 1.807) is 13.0 Å². The van der Waals surface area contributed by atoms with E-state index in [1.165, 1.54) is 30.1 Å². The molecule has 0 saturated heterocycles. The molecule has 23 heavy (non-hydrogen) atoms. The standard InChI is InChI=1S/C21H28O2/c1-15(2)20-12-10-18(5)13-19(20)11-9-16(3)7-6-8-17(4)14-21(22)23/h6-9,11,13-14,18,20H,1,10,12H2,2-5H3,(H,22,23)/b8-6+,11-9+,16-7-,17-14+/t18-,20+/m0/s1. The third-order valence-electron chi connectivity index (χ3n) is 3.99. The number of hydrogen-bond acceptors (Lipinski definition) is 1. The van der Waals surface area contributed by atoms with Crippen molar-refractivity contribution in [2.45, 2.75) is 40.5 Å². The van der Waals surface area contributed by atoms with Crippen molar-refractivity contribution in [3.05, 3.63) is 71.4 Å². The van der Waals surface area contributed by atoms with E-state index in [0.29, 0.717) is 11.8 Å². The average molecular weight is 312 g/mol. The zero-order valence-electron chi connectivity index (χ0n) is 14.7. The first-order valence-electron chi connectivity index (χ1n) is 8.11. The van der Waals surface area contributed by atoms with Gasteiger partial charge in [-0.2, -0.15) is 0 Å². The van der Waals surface area contributed by atoms with Gasteiger partial charge >= 0.3 is 5.97 Å². The van der Waals surface area contributed by atoms with Crippen LogP contribution in [-0.2, 0) is 4.79 Å². The number of rotatable bonds is 6. The highest BCUT2D eigenvalue weighted by Crippen LogP contribution is 2.33. The number of carboxylic acids is 1. The lowest BCUT2D eigenvalue weighted by Crippen LogP contribution is -2.12. The van der Waals surface area contributed by atoms with Gasteiger partial charge < -0.3 is 5.11 Å². The molecule has 2 heteroatoms. The number of allylic oxidation sites excluding steroid dienone is 10. The second-order valence-electron chi connectivity index (χ2n) is 6.45. The molecule has 1 aliphatic carbocycles. The van der Waals surface area contributed by atoms with Gasteiger partial charge in [0.15, 0.2) is 0 Å². The van der Waals surface area contributed by atoms with Gasteiger partial charge in [-0.05, 0) is 50.7 Å². The van der Waals surface area contributed by atoms with Crippen LogP contribution >= 0.6 is 0 Å². The van der Waals surface area contributed by atoms with Crippen LogP contribution in [0.3, 0.4) is 0 Å². The summed E-state index contributed by atoms with van der Waals surface area (Å²) in [7, 11) is 0. The van der Waals surface area contributed by atoms with Crippen LogP contribution in [0.15, 0.2) is 71.4 Å². The van der Waals surface area contributed by atoms with Crippen LogP contribution in [0.1, 0.15) is 40.5 Å². The molecular weight excluding hydrogens is 284 g/mol. The molecule has 0 amide bonds. The molecule has 1 N–H and O–H groups in total. The van der Waals surface area contributed by atoms with Gasteiger partial charge in [-0.3, -0.25) is 0 Å². The van der Waals surface area contributed by atoms with Gasteiger partial charge in [0, 0.05) is 12.0 Å². The maximum Gasteiger partial charge on any atom is 0.328 e. The maximum absolute atomic E-state index is 10.5. The topological polar surface area (TPSA) is 37.3 Å². The minimum atomic E-state index is -0.920. The summed E-state index contributed by atoms with van der Waals surface area (Å²) < 4.78 is 0. The molecule has 1 aliphatic rings. The summed E-state index contributed by atoms with van der Waals surface area (Å²) in [5.74, 6) is 0.168. The van der Waals surface area contributed by atoms with E-state index in [4.69, 9.17) is 5.11 Å². The molecule has 0 unspecified atom stereocenters. The Morgan fingerprint density at radius 3 is 2.52 bits per heavy atom. The van der Waals surface area contributed by atoms with Crippen LogP contribution < -0.4 is 0 Å². The minimum Gasteiger partial charge on any atom is -0.478 e. The van der Waals surface area contributed by atoms with Crippen LogP contribution in [0.4, 0.5) is 0 Å². The Hall–Kier alpha value is -2.09. The van der Waals surface area contributed by atoms with E-state index < -0.39 is 5.97 Å². The highest BCUT2D eigenvalue weighted by molar-refractivity contribution is 5.81. The molecule has 0 aromatic heterocycles. The van der Waals surface area contributed by atoms with Crippen molar-refractivity contribution in [1.82, 2.24) is 0 Å². The van der Waals surface area contributed by atoms with Crippen molar-refractivity contribution in [2.24, 2.45) is 11.8 Å². The predicted molar refractivity (Wildman–Crippen MR) is 98.2 cm³/mol. The fourth-order valence-corrected chi connectivity index (χ4v) is 2.70. The summed E-state index contributed by atoms with van der Waals surface area (Å²) in [6.07, 6.45) is 15.9. The Morgan fingerprint density at radius 2 is 1.91 bits per heavy atom. The minimum absolute atomic E-state index is 0.464. The van der Waals surface area contributed by atoms with Gasteiger partial charge in [0.2, 0.25) is 0 Å². The van der Waals surface area contributed by atoms with Crippen molar-refractivity contribution in [3.8, 4) is 0 Å². The summed E-state index contributed by atoms with van der Waals surface area (Å²) >= 11 is 0. The number of carbonyl (C=O) groups is 1. The van der Waals surface area contributed by atoms with Crippen molar-refractivity contribution < 1.29 is 9.90 Å². The normalized spacial score (nSPS) is 23.4. The summed E-state index contributed by atoms with van der Waals surface area (Å²) in [5, 5.41) is 8.66. The zero-order chi connectivity index (χ0) is 17.4. The van der Waals surface area contributed by atoms with E-state index in [1.807, 2.05) is 19.1 Å². The average Bonchev–Trinajstić information content (AvgIpc) is 2.44. The molecule has 0 heterocycles. The van der Waals surface area contributed by atoms with E-state index in [2.05, 4.69) is 38.7 Å². The molecule has 1 rings (SSSR count). The summed E-state index contributed by atoms with van der Waals surface area (Å²) in [5.41, 5.74) is 4.43. The smallest absolute Gasteiger partial charge is 0.328 e. The van der Waals surface area contributed by atoms with Gasteiger partial charge in [0.25, 0.3) is 0 Å². The second-order valence-corrected chi connectivity index (χ2v) is 6.45. The van der Waals surface area contributed by atoms with Crippen molar-refractivity contribution >= 4 is 5.97 Å². The molecule has 0 fully saturated rings. The maximum atomic E-state index is 10.5. The number of carboxylic acid groups (broad SMARTS) is 1. The fraction of sp³-hybridized carbons (Fsp3) is 0.381. The summed E-state index contributed by atoms with van der Waals surface area (Å²) in [4.78, 5) is 10.5. The first-order chi connectivity index (χ1) is 10.8. The fourth-order valence-electron chi connectivity index (χ4n) is 2.70. The van der Waals surface area contributed by atoms with E-state index in [-0.39, 0.29) is 0 Å². The lowest BCUT2D eigenvalue weighted by atomic mass is 9.79. The Balaban J connectivity index is 2.78. The van der Waals surface area contributed by atoms with Crippen LogP contribution in [0.2, 0.25) is 0 Å². The number of aliphatic carboxylic acids is 1. The first kappa shape index (κ1) is 19.0. The molecule has 0 bridgehead atoms. The van der Waals surface area contributed by atoms with E-state index in [0.717, 1.165) is 11.1 Å². The van der Waals surface area contributed by atoms with Gasteiger partial charge in [-0.25, -0.2) is 4.79 Å². The molecule has 0 saturated carbocycles. The molecule has 0 radical (unpaired) electrons. The highest BCUT2D eigenvalue weighted by atomic mass is 16.4. The quantitative estimate of drug-likeness (QED) is 0.392. The van der Waals surface area contributed by atoms with Crippen molar-refractivity contribution in [2.75, 3.05) is 0 Å². The molecule has 2 atom stereocenters. The molecule has 0 aliphatic heterocycles. The largest absolute Gasteiger partial charge is 0.478 e. The lowest BCUT2D eigenvalue weighted by molar-refractivity contribution is -0.131. The first-order valence-corrected chi connectivity index (χ1v) is 8.11. The highest BCUT2D eigenvalue weighted by Gasteiger charge is 2.19. The van der Waals surface area contributed by atoms with E-state index >= 15 is 0 Å². The number of hydrogen-bond donors (Lipinski definition) is 1. The Kier molecular flexibility index (Phi) is 7.53. The molecule has 0 spiro atoms. The zero-order valence-corrected chi connectivity index (χ0v) is 14.7. The molecule has 0 aromatic carbocycles. The second kappa shape index (κ2) is 9.14. The van der Waals surface area contributed by atoms with Crippen LogP contribution in [0.5, 0.6) is 0 Å². The Labute approximate surface area is 140 Å². The van der Waals surface area contributed by atoms with E-state index in [9.17, 15) is 4.79 Å². The van der Waals surface area contributed by atoms with Crippen molar-refractivity contribution in [3.63, 3.8) is 0 Å². The van der Waals surface area contributed by atoms with Gasteiger partial charge in [0.1, 0.15) is 0 Å². The van der Waals surface area contributed by atoms with Crippen LogP contribution in [0, 0.1) is 11.8 Å². The third-order valence-corrected chi connectivity index (χ3v) is 3.99. The Morgan fingerprint density at radius 1 is 1.22 bits per heavy atom. The molecule has 0 aromatic rings. The molecular formula is C21H28O2. The molecule has 124 valence electrons. The SMILES string of the molecule is C=C(C)[C@H]1CC[C@H](C)C=C1/C=C/C(C)=C\C=C\C(C)=C\C(=O)O. The van der Waals surface area contributed by atoms with Gasteiger partial charge in [-0.15, -0.1) is 0 Å². The summed E-state index contributed by atoms with van der Waals surface area (Å²) in [6.45, 7) is 12.3. The van der Waals surface area contributed by atoms with Gasteiger partial charge in [-0.1, -0.05) is 61.1 Å². The van der Waals surface area contributed by atoms with Crippen LogP contribution in [0.25, 0.3) is 0 Å². The lowest BCUT2D eigenvalue weighted by Gasteiger charge is -2.26. The molecule has 2 nitrogen and oxygen atoms in total.